The first-order valence-corrected chi connectivity index (χ1v) is 6.00. The summed E-state index contributed by atoms with van der Waals surface area (Å²) < 4.78 is 0.948. The van der Waals surface area contributed by atoms with Crippen LogP contribution in [0, 0.1) is 0 Å². The largest absolute Gasteiger partial charge is 1.00 e. The molecule has 0 bridgehead atoms. The Morgan fingerprint density at radius 1 is 0.778 bits per heavy atom. The lowest BCUT2D eigenvalue weighted by Gasteiger charge is -2.25. The van der Waals surface area contributed by atoms with Gasteiger partial charge < -0.3 is 28.5 Å². The summed E-state index contributed by atoms with van der Waals surface area (Å²) >= 11 is 0. The molecule has 0 amide bonds. The van der Waals surface area contributed by atoms with Crippen molar-refractivity contribution in [1.29, 1.82) is 0 Å². The minimum Gasteiger partial charge on any atom is -1.00 e. The third-order valence-corrected chi connectivity index (χ3v) is 2.75. The quantitative estimate of drug-likeness (QED) is 0.559. The lowest BCUT2D eigenvalue weighted by molar-refractivity contribution is -0.883. The van der Waals surface area contributed by atoms with Gasteiger partial charge in [0.2, 0.25) is 0 Å². The van der Waals surface area contributed by atoms with E-state index in [1.165, 1.54) is 16.7 Å². The average Bonchev–Trinajstić information content (AvgIpc) is 2.29. The zero-order valence-corrected chi connectivity index (χ0v) is 13.4. The molecule has 18 heavy (non-hydrogen) atoms. The second kappa shape index (κ2) is 6.34. The number of rotatable bonds is 3. The van der Waals surface area contributed by atoms with Crippen molar-refractivity contribution < 1.29 is 28.5 Å². The SMILES string of the molecule is C[N+](C)(C)Cc1ccccc1-c1ccccc1.[I-]. The normalized spacial score (nSPS) is 10.8. The van der Waals surface area contributed by atoms with Crippen LogP contribution in [0.4, 0.5) is 0 Å². The molecule has 0 aliphatic heterocycles. The molecule has 2 aromatic carbocycles. The minimum atomic E-state index is 0. The third kappa shape index (κ3) is 4.10. The molecule has 0 saturated carbocycles. The van der Waals surface area contributed by atoms with E-state index in [1.54, 1.807) is 0 Å². The summed E-state index contributed by atoms with van der Waals surface area (Å²) in [5, 5.41) is 0. The highest BCUT2D eigenvalue weighted by Crippen LogP contribution is 2.24. The Morgan fingerprint density at radius 2 is 1.33 bits per heavy atom. The summed E-state index contributed by atoms with van der Waals surface area (Å²) in [6.45, 7) is 1.05. The van der Waals surface area contributed by atoms with Crippen LogP contribution >= 0.6 is 0 Å². The van der Waals surface area contributed by atoms with Crippen LogP contribution in [0.15, 0.2) is 54.6 Å². The molecule has 96 valence electrons. The zero-order chi connectivity index (χ0) is 12.3. The van der Waals surface area contributed by atoms with E-state index < -0.39 is 0 Å². The molecule has 0 aliphatic rings. The van der Waals surface area contributed by atoms with E-state index in [1.807, 2.05) is 0 Å². The number of halogens is 1. The molecular formula is C16H20IN. The van der Waals surface area contributed by atoms with Crippen molar-refractivity contribution in [2.75, 3.05) is 21.1 Å². The number of hydrogen-bond acceptors (Lipinski definition) is 0. The lowest BCUT2D eigenvalue weighted by Crippen LogP contribution is -3.00. The Labute approximate surface area is 127 Å². The van der Waals surface area contributed by atoms with Gasteiger partial charge in [0.25, 0.3) is 0 Å². The molecule has 0 saturated heterocycles. The van der Waals surface area contributed by atoms with Crippen LogP contribution in [0.2, 0.25) is 0 Å². The van der Waals surface area contributed by atoms with Crippen molar-refractivity contribution in [2.24, 2.45) is 0 Å². The van der Waals surface area contributed by atoms with Crippen molar-refractivity contribution >= 4 is 0 Å². The highest BCUT2D eigenvalue weighted by atomic mass is 127. The van der Waals surface area contributed by atoms with Gasteiger partial charge in [-0.2, -0.15) is 0 Å². The van der Waals surface area contributed by atoms with E-state index >= 15 is 0 Å². The maximum absolute atomic E-state index is 2.23. The van der Waals surface area contributed by atoms with Crippen LogP contribution in [0.5, 0.6) is 0 Å². The molecule has 0 radical (unpaired) electrons. The number of benzene rings is 2. The van der Waals surface area contributed by atoms with E-state index in [9.17, 15) is 0 Å². The topological polar surface area (TPSA) is 0 Å². The van der Waals surface area contributed by atoms with Gasteiger partial charge in [-0.05, 0) is 11.1 Å². The molecule has 0 atom stereocenters. The number of hydrogen-bond donors (Lipinski definition) is 0. The maximum atomic E-state index is 2.23. The van der Waals surface area contributed by atoms with Crippen LogP contribution in [-0.4, -0.2) is 25.6 Å². The fraction of sp³-hybridized carbons (Fsp3) is 0.250. The molecule has 0 aliphatic carbocycles. The van der Waals surface area contributed by atoms with Gasteiger partial charge in [-0.25, -0.2) is 0 Å². The first-order chi connectivity index (χ1) is 8.06. The fourth-order valence-corrected chi connectivity index (χ4v) is 2.07. The van der Waals surface area contributed by atoms with Gasteiger partial charge in [-0.1, -0.05) is 54.6 Å². The number of quaternary nitrogens is 1. The summed E-state index contributed by atoms with van der Waals surface area (Å²) in [7, 11) is 6.67. The van der Waals surface area contributed by atoms with Crippen molar-refractivity contribution in [3.8, 4) is 11.1 Å². The summed E-state index contributed by atoms with van der Waals surface area (Å²) in [4.78, 5) is 0. The van der Waals surface area contributed by atoms with Crippen LogP contribution < -0.4 is 24.0 Å². The standard InChI is InChI=1S/C16H20N.HI/c1-17(2,3)13-15-11-7-8-12-16(15)14-9-5-4-6-10-14;/h4-12H,13H2,1-3H3;1H/q+1;/p-1. The summed E-state index contributed by atoms with van der Waals surface area (Å²) in [5.41, 5.74) is 4.06. The van der Waals surface area contributed by atoms with Gasteiger partial charge in [-0.15, -0.1) is 0 Å². The Bertz CT molecular complexity index is 486. The van der Waals surface area contributed by atoms with Gasteiger partial charge in [0.15, 0.2) is 0 Å². The van der Waals surface area contributed by atoms with Crippen molar-refractivity contribution in [3.05, 3.63) is 60.2 Å². The second-order valence-corrected chi connectivity index (χ2v) is 5.47. The molecule has 2 heteroatoms. The molecule has 0 fully saturated rings. The molecule has 2 aromatic rings. The van der Waals surface area contributed by atoms with Gasteiger partial charge >= 0.3 is 0 Å². The highest BCUT2D eigenvalue weighted by Gasteiger charge is 2.12. The molecule has 1 nitrogen and oxygen atoms in total. The number of nitrogens with zero attached hydrogens (tertiary/aromatic N) is 1. The fourth-order valence-electron chi connectivity index (χ4n) is 2.07. The Kier molecular flexibility index (Phi) is 5.35. The first-order valence-electron chi connectivity index (χ1n) is 6.00. The van der Waals surface area contributed by atoms with Crippen LogP contribution in [0.25, 0.3) is 11.1 Å². The Hall–Kier alpha value is -0.870. The Balaban J connectivity index is 0.00000162. The smallest absolute Gasteiger partial charge is 0.104 e. The van der Waals surface area contributed by atoms with Crippen LogP contribution in [0.1, 0.15) is 5.56 Å². The van der Waals surface area contributed by atoms with Gasteiger partial charge in [0.1, 0.15) is 6.54 Å². The summed E-state index contributed by atoms with van der Waals surface area (Å²) in [6, 6.07) is 19.3. The van der Waals surface area contributed by atoms with Gasteiger partial charge in [0.05, 0.1) is 21.1 Å². The summed E-state index contributed by atoms with van der Waals surface area (Å²) in [5.74, 6) is 0. The second-order valence-electron chi connectivity index (χ2n) is 5.47. The first kappa shape index (κ1) is 15.2. The zero-order valence-electron chi connectivity index (χ0n) is 11.2. The van der Waals surface area contributed by atoms with Gasteiger partial charge in [-0.3, -0.25) is 0 Å². The third-order valence-electron chi connectivity index (χ3n) is 2.75. The van der Waals surface area contributed by atoms with Crippen LogP contribution in [-0.2, 0) is 6.54 Å². The molecule has 0 unspecified atom stereocenters. The summed E-state index contributed by atoms with van der Waals surface area (Å²) in [6.07, 6.45) is 0. The van der Waals surface area contributed by atoms with E-state index in [0.29, 0.717) is 0 Å². The molecule has 0 N–H and O–H groups in total. The molecular weight excluding hydrogens is 333 g/mol. The maximum Gasteiger partial charge on any atom is 0.104 e. The highest BCUT2D eigenvalue weighted by molar-refractivity contribution is 5.66. The van der Waals surface area contributed by atoms with Crippen molar-refractivity contribution in [2.45, 2.75) is 6.54 Å². The predicted molar refractivity (Wildman–Crippen MR) is 73.6 cm³/mol. The average molecular weight is 353 g/mol. The van der Waals surface area contributed by atoms with Crippen molar-refractivity contribution in [1.82, 2.24) is 0 Å². The van der Waals surface area contributed by atoms with Crippen LogP contribution in [0.3, 0.4) is 0 Å². The molecule has 0 spiro atoms. The minimum absolute atomic E-state index is 0. The predicted octanol–water partition coefficient (Wildman–Crippen LogP) is 0.564. The monoisotopic (exact) mass is 353 g/mol. The molecule has 0 aromatic heterocycles. The molecule has 2 rings (SSSR count). The van der Waals surface area contributed by atoms with E-state index in [2.05, 4.69) is 75.7 Å². The lowest BCUT2D eigenvalue weighted by atomic mass is 9.99. The van der Waals surface area contributed by atoms with Gasteiger partial charge in [0, 0.05) is 5.56 Å². The van der Waals surface area contributed by atoms with E-state index in [0.717, 1.165) is 11.0 Å². The molecule has 0 heterocycles. The van der Waals surface area contributed by atoms with Crippen molar-refractivity contribution in [3.63, 3.8) is 0 Å². The van der Waals surface area contributed by atoms with E-state index in [-0.39, 0.29) is 24.0 Å². The Morgan fingerprint density at radius 3 is 1.94 bits per heavy atom. The van der Waals surface area contributed by atoms with E-state index in [4.69, 9.17) is 0 Å².